The molecule has 0 spiro atoms. The Kier molecular flexibility index (Phi) is 17.2. The van der Waals surface area contributed by atoms with Crippen molar-refractivity contribution in [3.8, 4) is 0 Å². The predicted molar refractivity (Wildman–Crippen MR) is 91.8 cm³/mol. The van der Waals surface area contributed by atoms with E-state index in [-0.39, 0.29) is 10.5 Å². The zero-order valence-corrected chi connectivity index (χ0v) is 14.4. The Balaban J connectivity index is -0.000000348. The van der Waals surface area contributed by atoms with E-state index < -0.39 is 10.1 Å². The number of hydrogen-bond donors (Lipinski definition) is 1. The fraction of sp³-hybridized carbons (Fsp3) is 0.500. The quantitative estimate of drug-likeness (QED) is 0.334. The van der Waals surface area contributed by atoms with E-state index in [0.717, 1.165) is 37.1 Å². The summed E-state index contributed by atoms with van der Waals surface area (Å²) in [5, 5.41) is 0. The molecule has 0 amide bonds. The van der Waals surface area contributed by atoms with E-state index in [9.17, 15) is 8.42 Å². The molecular weight excluding hydrogens is 305 g/mol. The third-order valence-corrected chi connectivity index (χ3v) is 3.63. The standard InChI is InChI=1S/C12H20N.C4H10O3S.FH/c1-5-9-13(10-6-2,11-7-3)12-8-4;1-2-3-4-8(5,6)7;/h5-8H,1-4,9-12H2;2-4H2,1H3,(H,5,6,7);1H/q+1;;/p-1. The maximum atomic E-state index is 9.95. The molecule has 0 aliphatic carbocycles. The Hall–Kier alpha value is -1.24. The highest BCUT2D eigenvalue weighted by atomic mass is 32.2. The summed E-state index contributed by atoms with van der Waals surface area (Å²) in [5.41, 5.74) is 0. The molecule has 0 heterocycles. The second kappa shape index (κ2) is 14.7. The highest BCUT2D eigenvalue weighted by Crippen LogP contribution is 2.07. The van der Waals surface area contributed by atoms with Crippen LogP contribution in [0.2, 0.25) is 0 Å². The lowest BCUT2D eigenvalue weighted by atomic mass is 10.3. The van der Waals surface area contributed by atoms with E-state index in [2.05, 4.69) is 26.3 Å². The van der Waals surface area contributed by atoms with Gasteiger partial charge in [-0.05, 0) is 30.7 Å². The summed E-state index contributed by atoms with van der Waals surface area (Å²) in [5.74, 6) is -0.108. The predicted octanol–water partition coefficient (Wildman–Crippen LogP) is 0.226. The molecule has 0 bridgehead atoms. The van der Waals surface area contributed by atoms with Crippen molar-refractivity contribution in [3.63, 3.8) is 0 Å². The van der Waals surface area contributed by atoms with Gasteiger partial charge in [0.2, 0.25) is 0 Å². The molecule has 0 fully saturated rings. The van der Waals surface area contributed by atoms with Crippen LogP contribution in [0.5, 0.6) is 0 Å². The third kappa shape index (κ3) is 15.2. The molecule has 6 heteroatoms. The highest BCUT2D eigenvalue weighted by Gasteiger charge is 2.20. The number of halogens is 1. The minimum atomic E-state index is -3.69. The average molecular weight is 335 g/mol. The van der Waals surface area contributed by atoms with Gasteiger partial charge in [0.05, 0.1) is 31.9 Å². The molecule has 0 radical (unpaired) electrons. The van der Waals surface area contributed by atoms with Gasteiger partial charge in [0.1, 0.15) is 0 Å². The number of rotatable bonds is 11. The molecule has 0 unspecified atom stereocenters. The van der Waals surface area contributed by atoms with Gasteiger partial charge in [0.25, 0.3) is 10.1 Å². The molecular formula is C16H30FNO3S. The average Bonchev–Trinajstić information content (AvgIpc) is 2.37. The van der Waals surface area contributed by atoms with Gasteiger partial charge in [0.15, 0.2) is 0 Å². The Labute approximate surface area is 135 Å². The minimum absolute atomic E-state index is 0. The van der Waals surface area contributed by atoms with E-state index in [1.165, 1.54) is 0 Å². The monoisotopic (exact) mass is 335 g/mol. The molecule has 0 aliphatic heterocycles. The number of quaternary nitrogens is 1. The molecule has 1 N–H and O–H groups in total. The molecule has 0 aromatic heterocycles. The maximum absolute atomic E-state index is 9.95. The van der Waals surface area contributed by atoms with Gasteiger partial charge < -0.3 is 9.19 Å². The fourth-order valence-corrected chi connectivity index (χ4v) is 2.52. The summed E-state index contributed by atoms with van der Waals surface area (Å²) < 4.78 is 28.9. The summed E-state index contributed by atoms with van der Waals surface area (Å²) in [6.45, 7) is 20.7. The zero-order valence-electron chi connectivity index (χ0n) is 13.6. The third-order valence-electron chi connectivity index (χ3n) is 2.82. The van der Waals surface area contributed by atoms with Crippen LogP contribution in [0.25, 0.3) is 0 Å². The van der Waals surface area contributed by atoms with E-state index in [1.807, 2.05) is 31.2 Å². The van der Waals surface area contributed by atoms with Gasteiger partial charge in [-0.25, -0.2) is 0 Å². The largest absolute Gasteiger partial charge is 1.00 e. The molecule has 0 saturated carbocycles. The molecule has 0 rings (SSSR count). The Morgan fingerprint density at radius 1 is 0.909 bits per heavy atom. The fourth-order valence-electron chi connectivity index (χ4n) is 1.87. The van der Waals surface area contributed by atoms with E-state index >= 15 is 0 Å². The van der Waals surface area contributed by atoms with Crippen LogP contribution in [0.15, 0.2) is 50.6 Å². The SMILES string of the molecule is C=CC[N+](CC=C)(CC=C)CC=C.CCCCS(=O)(=O)O.[F-]. The first-order valence-electron chi connectivity index (χ1n) is 7.04. The first-order chi connectivity index (χ1) is 9.80. The van der Waals surface area contributed by atoms with Crippen molar-refractivity contribution >= 4 is 10.1 Å². The van der Waals surface area contributed by atoms with Gasteiger partial charge in [-0.3, -0.25) is 4.55 Å². The van der Waals surface area contributed by atoms with Crippen LogP contribution >= 0.6 is 0 Å². The van der Waals surface area contributed by atoms with Crippen LogP contribution < -0.4 is 4.70 Å². The summed E-state index contributed by atoms with van der Waals surface area (Å²) in [6, 6.07) is 0. The lowest BCUT2D eigenvalue weighted by Crippen LogP contribution is -3.00. The molecule has 4 nitrogen and oxygen atoms in total. The van der Waals surface area contributed by atoms with Crippen molar-refractivity contribution in [2.75, 3.05) is 31.9 Å². The van der Waals surface area contributed by atoms with Gasteiger partial charge in [-0.2, -0.15) is 8.42 Å². The molecule has 0 atom stereocenters. The lowest BCUT2D eigenvalue weighted by Gasteiger charge is -2.35. The molecule has 22 heavy (non-hydrogen) atoms. The van der Waals surface area contributed by atoms with E-state index in [0.29, 0.717) is 6.42 Å². The lowest BCUT2D eigenvalue weighted by molar-refractivity contribution is -0.906. The van der Waals surface area contributed by atoms with Crippen molar-refractivity contribution in [1.82, 2.24) is 0 Å². The number of unbranched alkanes of at least 4 members (excludes halogenated alkanes) is 1. The number of hydrogen-bond acceptors (Lipinski definition) is 2. The van der Waals surface area contributed by atoms with Crippen molar-refractivity contribution in [3.05, 3.63) is 50.6 Å². The van der Waals surface area contributed by atoms with Gasteiger partial charge in [-0.1, -0.05) is 39.7 Å². The van der Waals surface area contributed by atoms with Crippen LogP contribution in [0, 0.1) is 0 Å². The van der Waals surface area contributed by atoms with Crippen LogP contribution in [-0.4, -0.2) is 49.4 Å². The van der Waals surface area contributed by atoms with Crippen LogP contribution in [0.4, 0.5) is 0 Å². The Morgan fingerprint density at radius 2 is 1.23 bits per heavy atom. The summed E-state index contributed by atoms with van der Waals surface area (Å²) in [4.78, 5) is 0. The van der Waals surface area contributed by atoms with Crippen molar-refractivity contribution in [2.45, 2.75) is 19.8 Å². The summed E-state index contributed by atoms with van der Waals surface area (Å²) in [7, 11) is -3.69. The topological polar surface area (TPSA) is 54.4 Å². The van der Waals surface area contributed by atoms with E-state index in [1.54, 1.807) is 0 Å². The van der Waals surface area contributed by atoms with Crippen LogP contribution in [0.1, 0.15) is 19.8 Å². The molecule has 0 aliphatic rings. The van der Waals surface area contributed by atoms with Crippen LogP contribution in [-0.2, 0) is 10.1 Å². The van der Waals surface area contributed by atoms with Gasteiger partial charge >= 0.3 is 0 Å². The molecule has 130 valence electrons. The van der Waals surface area contributed by atoms with Gasteiger partial charge in [-0.15, -0.1) is 0 Å². The number of nitrogens with zero attached hydrogens (tertiary/aromatic N) is 1. The Morgan fingerprint density at radius 3 is 1.36 bits per heavy atom. The maximum Gasteiger partial charge on any atom is 0.264 e. The smallest absolute Gasteiger partial charge is 0.264 e. The van der Waals surface area contributed by atoms with Gasteiger partial charge in [0, 0.05) is 0 Å². The summed E-state index contributed by atoms with van der Waals surface area (Å²) >= 11 is 0. The van der Waals surface area contributed by atoms with Crippen molar-refractivity contribution in [2.24, 2.45) is 0 Å². The van der Waals surface area contributed by atoms with Crippen molar-refractivity contribution in [1.29, 1.82) is 0 Å². The first-order valence-corrected chi connectivity index (χ1v) is 8.65. The summed E-state index contributed by atoms with van der Waals surface area (Å²) in [6.07, 6.45) is 9.10. The van der Waals surface area contributed by atoms with E-state index in [4.69, 9.17) is 4.55 Å². The zero-order chi connectivity index (χ0) is 16.8. The molecule has 0 aromatic carbocycles. The second-order valence-corrected chi connectivity index (χ2v) is 6.44. The highest BCUT2D eigenvalue weighted by molar-refractivity contribution is 7.85. The molecule has 0 saturated heterocycles. The minimum Gasteiger partial charge on any atom is -1.00 e. The van der Waals surface area contributed by atoms with Crippen molar-refractivity contribution < 1.29 is 22.2 Å². The first kappa shape index (κ1) is 25.7. The molecule has 0 aromatic rings. The normalized spacial score (nSPS) is 10.5. The van der Waals surface area contributed by atoms with Crippen LogP contribution in [0.3, 0.4) is 0 Å². The Bertz CT molecular complexity index is 374. The second-order valence-electron chi connectivity index (χ2n) is 4.87.